The molecule has 0 atom stereocenters. The van der Waals surface area contributed by atoms with E-state index in [1.165, 1.54) is 0 Å². The van der Waals surface area contributed by atoms with Gasteiger partial charge in [0.25, 0.3) is 0 Å². The topological polar surface area (TPSA) is 106 Å². The smallest absolute Gasteiger partial charge is 0.407 e. The van der Waals surface area contributed by atoms with Crippen molar-refractivity contribution in [3.8, 4) is 0 Å². The summed E-state index contributed by atoms with van der Waals surface area (Å²) in [6.07, 6.45) is -0.466. The Kier molecular flexibility index (Phi) is 10.6. The molecule has 21 heavy (non-hydrogen) atoms. The zero-order valence-electron chi connectivity index (χ0n) is 12.9. The van der Waals surface area contributed by atoms with E-state index in [0.29, 0.717) is 39.5 Å². The lowest BCUT2D eigenvalue weighted by Crippen LogP contribution is -2.34. The molecule has 0 unspecified atom stereocenters. The van der Waals surface area contributed by atoms with Gasteiger partial charge in [-0.2, -0.15) is 0 Å². The van der Waals surface area contributed by atoms with Gasteiger partial charge in [-0.25, -0.2) is 4.79 Å². The van der Waals surface area contributed by atoms with E-state index >= 15 is 0 Å². The van der Waals surface area contributed by atoms with E-state index in [9.17, 15) is 9.59 Å². The quantitative estimate of drug-likeness (QED) is 0.469. The fraction of sp³-hybridized carbons (Fsp3) is 0.846. The van der Waals surface area contributed by atoms with Gasteiger partial charge in [-0.15, -0.1) is 0 Å². The number of carbonyl (C=O) groups excluding carboxylic acids is 1. The van der Waals surface area contributed by atoms with Crippen molar-refractivity contribution in [2.24, 2.45) is 0 Å². The standard InChI is InChI=1S/C13H26N2O6/c1-13(2,3)21-12(18)15-5-7-20-9-8-19-6-4-14-10-11(16)17/h14H,4-10H2,1-3H3,(H,15,18)(H,16,17). The molecule has 1 amide bonds. The molecule has 0 radical (unpaired) electrons. The van der Waals surface area contributed by atoms with Crippen molar-refractivity contribution in [2.45, 2.75) is 26.4 Å². The van der Waals surface area contributed by atoms with Crippen molar-refractivity contribution in [2.75, 3.05) is 46.1 Å². The minimum absolute atomic E-state index is 0.0732. The number of amides is 1. The fourth-order valence-corrected chi connectivity index (χ4v) is 1.20. The van der Waals surface area contributed by atoms with Gasteiger partial charge in [0.15, 0.2) is 0 Å². The highest BCUT2D eigenvalue weighted by Crippen LogP contribution is 2.05. The third-order valence-corrected chi connectivity index (χ3v) is 1.99. The Labute approximate surface area is 125 Å². The molecule has 0 spiro atoms. The summed E-state index contributed by atoms with van der Waals surface area (Å²) in [5.74, 6) is -0.893. The van der Waals surface area contributed by atoms with E-state index in [4.69, 9.17) is 19.3 Å². The average molecular weight is 306 g/mol. The molecular weight excluding hydrogens is 280 g/mol. The van der Waals surface area contributed by atoms with E-state index in [2.05, 4.69) is 10.6 Å². The molecule has 124 valence electrons. The summed E-state index contributed by atoms with van der Waals surface area (Å²) in [6.45, 7) is 7.80. The molecule has 0 bridgehead atoms. The molecular formula is C13H26N2O6. The molecule has 0 rings (SSSR count). The highest BCUT2D eigenvalue weighted by atomic mass is 16.6. The van der Waals surface area contributed by atoms with Crippen LogP contribution in [0.1, 0.15) is 20.8 Å². The molecule has 0 aromatic heterocycles. The molecule has 0 aliphatic heterocycles. The van der Waals surface area contributed by atoms with Crippen LogP contribution in [0.5, 0.6) is 0 Å². The molecule has 0 heterocycles. The molecule has 3 N–H and O–H groups in total. The van der Waals surface area contributed by atoms with Crippen LogP contribution in [-0.2, 0) is 19.0 Å². The lowest BCUT2D eigenvalue weighted by molar-refractivity contribution is -0.136. The largest absolute Gasteiger partial charge is 0.480 e. The van der Waals surface area contributed by atoms with Gasteiger partial charge in [0.1, 0.15) is 5.60 Å². The maximum Gasteiger partial charge on any atom is 0.407 e. The Hall–Kier alpha value is -1.38. The monoisotopic (exact) mass is 306 g/mol. The summed E-state index contributed by atoms with van der Waals surface area (Å²) in [7, 11) is 0. The van der Waals surface area contributed by atoms with Crippen molar-refractivity contribution in [3.05, 3.63) is 0 Å². The molecule has 0 saturated heterocycles. The van der Waals surface area contributed by atoms with Crippen LogP contribution in [0.4, 0.5) is 4.79 Å². The SMILES string of the molecule is CC(C)(C)OC(=O)NCCOCCOCCNCC(=O)O. The van der Waals surface area contributed by atoms with E-state index in [0.717, 1.165) is 0 Å². The number of carboxylic acids is 1. The molecule has 8 heteroatoms. The molecule has 0 fully saturated rings. The van der Waals surface area contributed by atoms with Gasteiger partial charge in [-0.3, -0.25) is 4.79 Å². The number of aliphatic carboxylic acids is 1. The first kappa shape index (κ1) is 19.6. The number of carbonyl (C=O) groups is 2. The normalized spacial score (nSPS) is 11.2. The highest BCUT2D eigenvalue weighted by Gasteiger charge is 2.15. The minimum Gasteiger partial charge on any atom is -0.480 e. The van der Waals surface area contributed by atoms with Gasteiger partial charge in [0, 0.05) is 13.1 Å². The van der Waals surface area contributed by atoms with Crippen molar-refractivity contribution in [1.29, 1.82) is 0 Å². The Morgan fingerprint density at radius 1 is 1.00 bits per heavy atom. The molecule has 0 saturated carbocycles. The average Bonchev–Trinajstić information content (AvgIpc) is 2.33. The van der Waals surface area contributed by atoms with E-state index in [1.807, 2.05) is 0 Å². The number of nitrogens with one attached hydrogen (secondary N) is 2. The highest BCUT2D eigenvalue weighted by molar-refractivity contribution is 5.69. The minimum atomic E-state index is -0.893. The Morgan fingerprint density at radius 3 is 2.10 bits per heavy atom. The predicted molar refractivity (Wildman–Crippen MR) is 76.4 cm³/mol. The second-order valence-electron chi connectivity index (χ2n) is 5.22. The molecule has 0 aliphatic rings. The number of hydrogen-bond donors (Lipinski definition) is 3. The van der Waals surface area contributed by atoms with Crippen molar-refractivity contribution < 1.29 is 28.9 Å². The Balaban J connectivity index is 3.22. The number of carboxylic acid groups (broad SMARTS) is 1. The summed E-state index contributed by atoms with van der Waals surface area (Å²) in [4.78, 5) is 21.5. The van der Waals surface area contributed by atoms with Crippen LogP contribution >= 0.6 is 0 Å². The fourth-order valence-electron chi connectivity index (χ4n) is 1.20. The first-order valence-corrected chi connectivity index (χ1v) is 6.86. The summed E-state index contributed by atoms with van der Waals surface area (Å²) in [5.41, 5.74) is -0.506. The van der Waals surface area contributed by atoms with Crippen LogP contribution in [0.15, 0.2) is 0 Å². The number of alkyl carbamates (subject to hydrolysis) is 1. The van der Waals surface area contributed by atoms with Crippen LogP contribution in [0.3, 0.4) is 0 Å². The van der Waals surface area contributed by atoms with Gasteiger partial charge in [-0.05, 0) is 20.8 Å². The molecule has 0 aromatic carbocycles. The Morgan fingerprint density at radius 2 is 1.57 bits per heavy atom. The first-order chi connectivity index (χ1) is 9.81. The van der Waals surface area contributed by atoms with Crippen molar-refractivity contribution in [3.63, 3.8) is 0 Å². The summed E-state index contributed by atoms with van der Waals surface area (Å²) in [5, 5.41) is 13.7. The second kappa shape index (κ2) is 11.3. The van der Waals surface area contributed by atoms with Crippen LogP contribution < -0.4 is 10.6 Å². The molecule has 8 nitrogen and oxygen atoms in total. The first-order valence-electron chi connectivity index (χ1n) is 6.86. The van der Waals surface area contributed by atoms with Gasteiger partial charge >= 0.3 is 12.1 Å². The summed E-state index contributed by atoms with van der Waals surface area (Å²) >= 11 is 0. The van der Waals surface area contributed by atoms with E-state index in [1.54, 1.807) is 20.8 Å². The zero-order chi connectivity index (χ0) is 16.1. The Bertz CT molecular complexity index is 304. The second-order valence-corrected chi connectivity index (χ2v) is 5.22. The van der Waals surface area contributed by atoms with Crippen molar-refractivity contribution >= 4 is 12.1 Å². The van der Waals surface area contributed by atoms with Gasteiger partial charge < -0.3 is 30.0 Å². The van der Waals surface area contributed by atoms with Crippen LogP contribution in [-0.4, -0.2) is 68.8 Å². The zero-order valence-corrected chi connectivity index (χ0v) is 12.9. The molecule has 0 aromatic rings. The lowest BCUT2D eigenvalue weighted by atomic mass is 10.2. The van der Waals surface area contributed by atoms with Crippen LogP contribution in [0.2, 0.25) is 0 Å². The van der Waals surface area contributed by atoms with Gasteiger partial charge in [0.2, 0.25) is 0 Å². The summed E-state index contributed by atoms with van der Waals surface area (Å²) < 4.78 is 15.5. The third kappa shape index (κ3) is 16.6. The maximum atomic E-state index is 11.3. The van der Waals surface area contributed by atoms with E-state index in [-0.39, 0.29) is 6.54 Å². The number of hydrogen-bond acceptors (Lipinski definition) is 6. The summed E-state index contributed by atoms with van der Waals surface area (Å²) in [6, 6.07) is 0. The van der Waals surface area contributed by atoms with Crippen LogP contribution in [0, 0.1) is 0 Å². The van der Waals surface area contributed by atoms with Gasteiger partial charge in [-0.1, -0.05) is 0 Å². The van der Waals surface area contributed by atoms with Crippen molar-refractivity contribution in [1.82, 2.24) is 10.6 Å². The van der Waals surface area contributed by atoms with Crippen LogP contribution in [0.25, 0.3) is 0 Å². The maximum absolute atomic E-state index is 11.3. The number of ether oxygens (including phenoxy) is 3. The van der Waals surface area contributed by atoms with E-state index < -0.39 is 17.7 Å². The molecule has 0 aliphatic carbocycles. The predicted octanol–water partition coefficient (Wildman–Crippen LogP) is 0.219. The third-order valence-electron chi connectivity index (χ3n) is 1.99. The lowest BCUT2D eigenvalue weighted by Gasteiger charge is -2.19. The number of rotatable bonds is 11. The van der Waals surface area contributed by atoms with Gasteiger partial charge in [0.05, 0.1) is 33.0 Å².